The van der Waals surface area contributed by atoms with Crippen molar-refractivity contribution in [2.24, 2.45) is 0 Å². The number of carboxylic acids is 1. The fourth-order valence-electron chi connectivity index (χ4n) is 1.69. The second-order valence-electron chi connectivity index (χ2n) is 4.17. The van der Waals surface area contributed by atoms with Crippen LogP contribution in [0.15, 0.2) is 45.9 Å². The van der Waals surface area contributed by atoms with Gasteiger partial charge in [-0.25, -0.2) is 4.79 Å². The number of carbonyl (C=O) groups excluding carboxylic acids is 1. The smallest absolute Gasteiger partial charge is 0.371 e. The molecule has 5 nitrogen and oxygen atoms in total. The Labute approximate surface area is 125 Å². The number of ketones is 1. The van der Waals surface area contributed by atoms with Gasteiger partial charge in [-0.3, -0.25) is 4.79 Å². The molecule has 0 bridgehead atoms. The molecule has 6 heteroatoms. The Balaban J connectivity index is 1.84. The van der Waals surface area contributed by atoms with Gasteiger partial charge in [-0.1, -0.05) is 23.9 Å². The van der Waals surface area contributed by atoms with Crippen LogP contribution in [0.4, 0.5) is 0 Å². The van der Waals surface area contributed by atoms with Crippen LogP contribution in [0, 0.1) is 0 Å². The van der Waals surface area contributed by atoms with Gasteiger partial charge in [0, 0.05) is 5.75 Å². The van der Waals surface area contributed by atoms with E-state index in [1.165, 1.54) is 24.8 Å². The summed E-state index contributed by atoms with van der Waals surface area (Å²) in [5.41, 5.74) is 0.550. The van der Waals surface area contributed by atoms with E-state index in [1.54, 1.807) is 30.3 Å². The largest absolute Gasteiger partial charge is 0.492 e. The second-order valence-corrected chi connectivity index (χ2v) is 5.27. The van der Waals surface area contributed by atoms with E-state index >= 15 is 0 Å². The number of aromatic carboxylic acids is 1. The molecule has 1 aromatic heterocycles. The molecule has 21 heavy (non-hydrogen) atoms. The SMILES string of the molecule is CC(=O)c1ccccc1OCCSc1ccc(C(=O)O)o1. The van der Waals surface area contributed by atoms with E-state index in [0.29, 0.717) is 28.8 Å². The first kappa shape index (κ1) is 15.2. The van der Waals surface area contributed by atoms with Crippen molar-refractivity contribution in [2.45, 2.75) is 12.0 Å². The molecule has 0 saturated heterocycles. The minimum atomic E-state index is -1.09. The molecule has 0 amide bonds. The van der Waals surface area contributed by atoms with Crippen LogP contribution in [0.3, 0.4) is 0 Å². The van der Waals surface area contributed by atoms with Crippen molar-refractivity contribution >= 4 is 23.5 Å². The zero-order valence-corrected chi connectivity index (χ0v) is 12.2. The van der Waals surface area contributed by atoms with Gasteiger partial charge in [0.2, 0.25) is 5.76 Å². The summed E-state index contributed by atoms with van der Waals surface area (Å²) in [7, 11) is 0. The molecule has 0 atom stereocenters. The van der Waals surface area contributed by atoms with E-state index < -0.39 is 5.97 Å². The fraction of sp³-hybridized carbons (Fsp3) is 0.200. The predicted molar refractivity (Wildman–Crippen MR) is 78.3 cm³/mol. The van der Waals surface area contributed by atoms with E-state index in [9.17, 15) is 9.59 Å². The highest BCUT2D eigenvalue weighted by molar-refractivity contribution is 7.99. The molecule has 0 spiro atoms. The van der Waals surface area contributed by atoms with Crippen LogP contribution < -0.4 is 4.74 Å². The van der Waals surface area contributed by atoms with E-state index in [0.717, 1.165) is 0 Å². The summed E-state index contributed by atoms with van der Waals surface area (Å²) < 4.78 is 10.7. The van der Waals surface area contributed by atoms with E-state index in [-0.39, 0.29) is 11.5 Å². The van der Waals surface area contributed by atoms with Crippen LogP contribution >= 0.6 is 11.8 Å². The summed E-state index contributed by atoms with van der Waals surface area (Å²) in [4.78, 5) is 22.1. The average Bonchev–Trinajstić information content (AvgIpc) is 2.93. The van der Waals surface area contributed by atoms with Gasteiger partial charge in [-0.2, -0.15) is 0 Å². The summed E-state index contributed by atoms with van der Waals surface area (Å²) in [6.07, 6.45) is 0. The van der Waals surface area contributed by atoms with Crippen LogP contribution in [0.1, 0.15) is 27.8 Å². The Morgan fingerprint density at radius 2 is 2.00 bits per heavy atom. The van der Waals surface area contributed by atoms with Gasteiger partial charge in [-0.05, 0) is 31.2 Å². The number of ether oxygens (including phenoxy) is 1. The van der Waals surface area contributed by atoms with Crippen molar-refractivity contribution in [2.75, 3.05) is 12.4 Å². The third kappa shape index (κ3) is 4.13. The van der Waals surface area contributed by atoms with Gasteiger partial charge in [0.25, 0.3) is 0 Å². The molecule has 2 aromatic rings. The molecule has 0 radical (unpaired) electrons. The van der Waals surface area contributed by atoms with Crippen molar-refractivity contribution in [3.05, 3.63) is 47.7 Å². The molecular formula is C15H14O5S. The molecule has 110 valence electrons. The molecule has 0 unspecified atom stereocenters. The highest BCUT2D eigenvalue weighted by Crippen LogP contribution is 2.22. The second kappa shape index (κ2) is 6.99. The lowest BCUT2D eigenvalue weighted by Gasteiger charge is -2.08. The van der Waals surface area contributed by atoms with Crippen molar-refractivity contribution in [3.63, 3.8) is 0 Å². The van der Waals surface area contributed by atoms with Crippen molar-refractivity contribution in [1.29, 1.82) is 0 Å². The van der Waals surface area contributed by atoms with Crippen LogP contribution in [0.25, 0.3) is 0 Å². The van der Waals surface area contributed by atoms with Gasteiger partial charge in [0.15, 0.2) is 10.9 Å². The summed E-state index contributed by atoms with van der Waals surface area (Å²) in [6, 6.07) is 10.1. The van der Waals surface area contributed by atoms with Crippen LogP contribution in [0.2, 0.25) is 0 Å². The topological polar surface area (TPSA) is 76.7 Å². The lowest BCUT2D eigenvalue weighted by molar-refractivity contribution is 0.0656. The van der Waals surface area contributed by atoms with Crippen molar-refractivity contribution in [3.8, 4) is 5.75 Å². The van der Waals surface area contributed by atoms with Gasteiger partial charge >= 0.3 is 5.97 Å². The van der Waals surface area contributed by atoms with Gasteiger partial charge in [0.1, 0.15) is 5.75 Å². The number of hydrogen-bond donors (Lipinski definition) is 1. The third-order valence-electron chi connectivity index (χ3n) is 2.64. The fourth-order valence-corrected chi connectivity index (χ4v) is 2.37. The highest BCUT2D eigenvalue weighted by Gasteiger charge is 2.10. The minimum absolute atomic E-state index is 0.0459. The first-order valence-electron chi connectivity index (χ1n) is 6.26. The van der Waals surface area contributed by atoms with E-state index in [1.807, 2.05) is 0 Å². The Morgan fingerprint density at radius 3 is 2.67 bits per heavy atom. The number of Topliss-reactive ketones (excluding diaryl/α,β-unsaturated/α-hetero) is 1. The molecule has 1 aromatic carbocycles. The maximum atomic E-state index is 11.4. The Kier molecular flexibility index (Phi) is 5.05. The van der Waals surface area contributed by atoms with Gasteiger partial charge in [-0.15, -0.1) is 0 Å². The van der Waals surface area contributed by atoms with Crippen LogP contribution in [0.5, 0.6) is 5.75 Å². The number of hydrogen-bond acceptors (Lipinski definition) is 5. The Morgan fingerprint density at radius 1 is 1.24 bits per heavy atom. The Bertz CT molecular complexity index is 647. The maximum absolute atomic E-state index is 11.4. The summed E-state index contributed by atoms with van der Waals surface area (Å²) in [5, 5.41) is 9.27. The first-order chi connectivity index (χ1) is 10.1. The highest BCUT2D eigenvalue weighted by atomic mass is 32.2. The number of thioether (sulfide) groups is 1. The van der Waals surface area contributed by atoms with Crippen LogP contribution in [-0.2, 0) is 0 Å². The van der Waals surface area contributed by atoms with Gasteiger partial charge < -0.3 is 14.3 Å². The lowest BCUT2D eigenvalue weighted by atomic mass is 10.1. The van der Waals surface area contributed by atoms with Crippen LogP contribution in [-0.4, -0.2) is 29.2 Å². The molecule has 0 aliphatic heterocycles. The number of benzene rings is 1. The summed E-state index contributed by atoms with van der Waals surface area (Å²) in [5.74, 6) is -0.0841. The molecule has 0 aliphatic rings. The van der Waals surface area contributed by atoms with Crippen molar-refractivity contribution in [1.82, 2.24) is 0 Å². The predicted octanol–water partition coefficient (Wildman–Crippen LogP) is 3.35. The molecule has 2 rings (SSSR count). The molecule has 0 fully saturated rings. The zero-order chi connectivity index (χ0) is 15.2. The molecule has 1 N–H and O–H groups in total. The molecule has 0 saturated carbocycles. The lowest BCUT2D eigenvalue weighted by Crippen LogP contribution is -2.04. The molecule has 1 heterocycles. The Hall–Kier alpha value is -2.21. The monoisotopic (exact) mass is 306 g/mol. The minimum Gasteiger partial charge on any atom is -0.492 e. The van der Waals surface area contributed by atoms with E-state index in [4.69, 9.17) is 14.3 Å². The number of carbonyl (C=O) groups is 2. The summed E-state index contributed by atoms with van der Waals surface area (Å²) in [6.45, 7) is 1.88. The maximum Gasteiger partial charge on any atom is 0.371 e. The number of rotatable bonds is 7. The van der Waals surface area contributed by atoms with Crippen molar-refractivity contribution < 1.29 is 23.8 Å². The van der Waals surface area contributed by atoms with Gasteiger partial charge in [0.05, 0.1) is 12.2 Å². The number of carboxylic acid groups (broad SMARTS) is 1. The number of para-hydroxylation sites is 1. The average molecular weight is 306 g/mol. The van der Waals surface area contributed by atoms with E-state index in [2.05, 4.69) is 0 Å². The summed E-state index contributed by atoms with van der Waals surface area (Å²) >= 11 is 1.35. The number of furan rings is 1. The first-order valence-corrected chi connectivity index (χ1v) is 7.25. The quantitative estimate of drug-likeness (QED) is 0.480. The molecular weight excluding hydrogens is 292 g/mol. The third-order valence-corrected chi connectivity index (χ3v) is 3.52. The normalized spacial score (nSPS) is 10.3. The molecule has 0 aliphatic carbocycles. The standard InChI is InChI=1S/C15H14O5S/c1-10(16)11-4-2-3-5-12(11)19-8-9-21-14-7-6-13(20-14)15(17)18/h2-7H,8-9H2,1H3,(H,17,18). The zero-order valence-electron chi connectivity index (χ0n) is 11.4.